The second kappa shape index (κ2) is 5.91. The van der Waals surface area contributed by atoms with Gasteiger partial charge >= 0.3 is 0 Å². The molecule has 0 aliphatic carbocycles. The van der Waals surface area contributed by atoms with Crippen LogP contribution in [0, 0.1) is 0 Å². The van der Waals surface area contributed by atoms with E-state index >= 15 is 0 Å². The normalized spacial score (nSPS) is 11.2. The molecule has 0 spiro atoms. The van der Waals surface area contributed by atoms with Crippen molar-refractivity contribution in [3.63, 3.8) is 0 Å². The van der Waals surface area contributed by atoms with Crippen LogP contribution in [0.2, 0.25) is 10.0 Å². The Labute approximate surface area is 127 Å². The number of rotatable bonds is 4. The van der Waals surface area contributed by atoms with Crippen molar-refractivity contribution in [2.24, 2.45) is 0 Å². The van der Waals surface area contributed by atoms with E-state index in [1.165, 1.54) is 19.2 Å². The van der Waals surface area contributed by atoms with Gasteiger partial charge in [0.05, 0.1) is 22.8 Å². The van der Waals surface area contributed by atoms with Crippen LogP contribution >= 0.6 is 23.2 Å². The molecule has 4 nitrogen and oxygen atoms in total. The van der Waals surface area contributed by atoms with Gasteiger partial charge in [-0.2, -0.15) is 0 Å². The molecule has 0 aromatic heterocycles. The van der Waals surface area contributed by atoms with Gasteiger partial charge in [-0.1, -0.05) is 41.4 Å². The van der Waals surface area contributed by atoms with E-state index in [1.54, 1.807) is 30.3 Å². The maximum absolute atomic E-state index is 12.4. The molecule has 0 saturated carbocycles. The Morgan fingerprint density at radius 1 is 1.00 bits per heavy atom. The second-order valence-corrected chi connectivity index (χ2v) is 6.29. The number of methoxy groups -OCH3 is 1. The van der Waals surface area contributed by atoms with Crippen molar-refractivity contribution < 1.29 is 13.2 Å². The van der Waals surface area contributed by atoms with Gasteiger partial charge in [0.15, 0.2) is 0 Å². The fourth-order valence-corrected chi connectivity index (χ4v) is 3.88. The predicted molar refractivity (Wildman–Crippen MR) is 80.3 cm³/mol. The lowest BCUT2D eigenvalue weighted by Crippen LogP contribution is -2.14. The average molecular weight is 332 g/mol. The minimum absolute atomic E-state index is 0.0555. The lowest BCUT2D eigenvalue weighted by Gasteiger charge is -2.13. The van der Waals surface area contributed by atoms with Crippen molar-refractivity contribution in [1.29, 1.82) is 0 Å². The molecule has 0 aliphatic rings. The molecule has 2 rings (SSSR count). The third kappa shape index (κ3) is 3.00. The lowest BCUT2D eigenvalue weighted by molar-refractivity contribution is 0.417. The molecule has 0 amide bonds. The molecule has 1 N–H and O–H groups in total. The van der Waals surface area contributed by atoms with Crippen molar-refractivity contribution in [3.05, 3.63) is 52.5 Å². The van der Waals surface area contributed by atoms with E-state index in [0.717, 1.165) is 0 Å². The van der Waals surface area contributed by atoms with Crippen molar-refractivity contribution in [2.45, 2.75) is 4.90 Å². The van der Waals surface area contributed by atoms with E-state index in [2.05, 4.69) is 4.72 Å². The third-order valence-corrected chi connectivity index (χ3v) is 4.86. The molecule has 0 heterocycles. The second-order valence-electron chi connectivity index (χ2n) is 3.86. The Kier molecular flexibility index (Phi) is 4.42. The Morgan fingerprint density at radius 3 is 2.20 bits per heavy atom. The number of nitrogens with one attached hydrogen (secondary N) is 1. The Bertz CT molecular complexity index is 712. The average Bonchev–Trinajstić information content (AvgIpc) is 2.38. The highest BCUT2D eigenvalue weighted by Crippen LogP contribution is 2.32. The zero-order chi connectivity index (χ0) is 14.8. The first kappa shape index (κ1) is 15.0. The number of benzene rings is 2. The Hall–Kier alpha value is -1.43. The number of para-hydroxylation sites is 2. The molecule has 0 aliphatic heterocycles. The summed E-state index contributed by atoms with van der Waals surface area (Å²) in [5.74, 6) is 0.402. The number of sulfonamides is 1. The largest absolute Gasteiger partial charge is 0.495 e. The van der Waals surface area contributed by atoms with Crippen LogP contribution in [-0.4, -0.2) is 15.5 Å². The van der Waals surface area contributed by atoms with Gasteiger partial charge in [-0.3, -0.25) is 4.72 Å². The van der Waals surface area contributed by atoms with Gasteiger partial charge in [-0.15, -0.1) is 0 Å². The molecular formula is C13H11Cl2NO3S. The van der Waals surface area contributed by atoms with E-state index in [-0.39, 0.29) is 14.9 Å². The number of anilines is 1. The summed E-state index contributed by atoms with van der Waals surface area (Å²) in [7, 11) is -2.45. The van der Waals surface area contributed by atoms with Gasteiger partial charge in [0, 0.05) is 0 Å². The smallest absolute Gasteiger partial charge is 0.264 e. The van der Waals surface area contributed by atoms with Gasteiger partial charge in [-0.25, -0.2) is 8.42 Å². The minimum atomic E-state index is -3.90. The molecule has 0 bridgehead atoms. The minimum Gasteiger partial charge on any atom is -0.495 e. The third-order valence-electron chi connectivity index (χ3n) is 2.54. The summed E-state index contributed by atoms with van der Waals surface area (Å²) in [6.45, 7) is 0. The van der Waals surface area contributed by atoms with Crippen LogP contribution in [0.4, 0.5) is 5.69 Å². The summed E-state index contributed by atoms with van der Waals surface area (Å²) >= 11 is 11.8. The highest BCUT2D eigenvalue weighted by molar-refractivity contribution is 7.93. The highest BCUT2D eigenvalue weighted by Gasteiger charge is 2.22. The Balaban J connectivity index is 2.47. The SMILES string of the molecule is COc1ccccc1NS(=O)(=O)c1c(Cl)cccc1Cl. The van der Waals surface area contributed by atoms with Crippen LogP contribution in [-0.2, 0) is 10.0 Å². The number of halogens is 2. The first-order valence-corrected chi connectivity index (χ1v) is 7.79. The Morgan fingerprint density at radius 2 is 1.60 bits per heavy atom. The summed E-state index contributed by atoms with van der Waals surface area (Å²) < 4.78 is 32.3. The van der Waals surface area contributed by atoms with Crippen LogP contribution in [0.5, 0.6) is 5.75 Å². The van der Waals surface area contributed by atoms with Crippen LogP contribution in [0.1, 0.15) is 0 Å². The molecule has 0 saturated heterocycles. The quantitative estimate of drug-likeness (QED) is 0.926. The summed E-state index contributed by atoms with van der Waals surface area (Å²) in [4.78, 5) is -0.158. The van der Waals surface area contributed by atoms with Gasteiger partial charge in [0.25, 0.3) is 10.0 Å². The summed E-state index contributed by atoms with van der Waals surface area (Å²) in [6.07, 6.45) is 0. The highest BCUT2D eigenvalue weighted by atomic mass is 35.5. The van der Waals surface area contributed by atoms with E-state index in [9.17, 15) is 8.42 Å². The van der Waals surface area contributed by atoms with Crippen molar-refractivity contribution >= 4 is 38.9 Å². The van der Waals surface area contributed by atoms with E-state index in [1.807, 2.05) is 0 Å². The van der Waals surface area contributed by atoms with Gasteiger partial charge < -0.3 is 4.74 Å². The van der Waals surface area contributed by atoms with Crippen LogP contribution in [0.3, 0.4) is 0 Å². The lowest BCUT2D eigenvalue weighted by atomic mass is 10.3. The molecule has 0 atom stereocenters. The standard InChI is InChI=1S/C13H11Cl2NO3S/c1-19-12-8-3-2-7-11(12)16-20(17,18)13-9(14)5-4-6-10(13)15/h2-8,16H,1H3. The molecular weight excluding hydrogens is 321 g/mol. The van der Waals surface area contributed by atoms with E-state index < -0.39 is 10.0 Å². The van der Waals surface area contributed by atoms with Crippen LogP contribution in [0.15, 0.2) is 47.4 Å². The fourth-order valence-electron chi connectivity index (χ4n) is 1.66. The van der Waals surface area contributed by atoms with Gasteiger partial charge in [0.1, 0.15) is 10.6 Å². The molecule has 2 aromatic rings. The summed E-state index contributed by atoms with van der Waals surface area (Å²) in [6, 6.07) is 11.2. The predicted octanol–water partition coefficient (Wildman–Crippen LogP) is 3.80. The number of hydrogen-bond acceptors (Lipinski definition) is 3. The first-order chi connectivity index (χ1) is 9.45. The molecule has 0 radical (unpaired) electrons. The summed E-state index contributed by atoms with van der Waals surface area (Å²) in [5.41, 5.74) is 0.311. The number of ether oxygens (including phenoxy) is 1. The van der Waals surface area contributed by atoms with Crippen molar-refractivity contribution in [1.82, 2.24) is 0 Å². The summed E-state index contributed by atoms with van der Waals surface area (Å²) in [5, 5.41) is 0.111. The molecule has 7 heteroatoms. The van der Waals surface area contributed by atoms with Gasteiger partial charge in [-0.05, 0) is 24.3 Å². The zero-order valence-corrected chi connectivity index (χ0v) is 12.8. The van der Waals surface area contributed by atoms with Crippen molar-refractivity contribution in [3.8, 4) is 5.75 Å². The van der Waals surface area contributed by atoms with Crippen LogP contribution < -0.4 is 9.46 Å². The zero-order valence-electron chi connectivity index (χ0n) is 10.4. The van der Waals surface area contributed by atoms with E-state index in [4.69, 9.17) is 27.9 Å². The molecule has 0 fully saturated rings. The molecule has 0 unspecified atom stereocenters. The van der Waals surface area contributed by atoms with Crippen molar-refractivity contribution in [2.75, 3.05) is 11.8 Å². The maximum Gasteiger partial charge on any atom is 0.264 e. The maximum atomic E-state index is 12.4. The fraction of sp³-hybridized carbons (Fsp3) is 0.0769. The number of hydrogen-bond donors (Lipinski definition) is 1. The monoisotopic (exact) mass is 331 g/mol. The van der Waals surface area contributed by atoms with E-state index in [0.29, 0.717) is 11.4 Å². The first-order valence-electron chi connectivity index (χ1n) is 5.55. The van der Waals surface area contributed by atoms with Crippen LogP contribution in [0.25, 0.3) is 0 Å². The molecule has 20 heavy (non-hydrogen) atoms. The molecule has 106 valence electrons. The van der Waals surface area contributed by atoms with Gasteiger partial charge in [0.2, 0.25) is 0 Å². The topological polar surface area (TPSA) is 55.4 Å². The molecule has 2 aromatic carbocycles.